The second-order valence-electron chi connectivity index (χ2n) is 5.89. The Morgan fingerprint density at radius 2 is 1.70 bits per heavy atom. The Morgan fingerprint density at radius 1 is 1.04 bits per heavy atom. The number of rotatable bonds is 6. The lowest BCUT2D eigenvalue weighted by Crippen LogP contribution is -2.25. The molecule has 2 aromatic rings. The summed E-state index contributed by atoms with van der Waals surface area (Å²) in [6.07, 6.45) is 0. The van der Waals surface area contributed by atoms with Crippen molar-refractivity contribution in [2.75, 3.05) is 21.1 Å². The number of benzene rings is 2. The van der Waals surface area contributed by atoms with Crippen molar-refractivity contribution in [1.82, 2.24) is 14.9 Å². The van der Waals surface area contributed by atoms with Crippen LogP contribution in [0.5, 0.6) is 0 Å². The molecule has 0 spiro atoms. The van der Waals surface area contributed by atoms with Gasteiger partial charge in [-0.2, -0.15) is 0 Å². The number of hydrogen-bond acceptors (Lipinski definition) is 4. The Hall–Kier alpha value is -2.23. The third-order valence-electron chi connectivity index (χ3n) is 3.82. The second kappa shape index (κ2) is 8.64. The van der Waals surface area contributed by atoms with Gasteiger partial charge in [-0.15, -0.1) is 0 Å². The van der Waals surface area contributed by atoms with Gasteiger partial charge in [-0.3, -0.25) is 9.59 Å². The SMILES string of the molecule is CNC(=O)c1cccc(CNC(=O)c2ccc(Br)c(S(=O)(=O)N(C)C)c2)c1. The molecule has 144 valence electrons. The van der Waals surface area contributed by atoms with Gasteiger partial charge in [-0.1, -0.05) is 12.1 Å². The highest BCUT2D eigenvalue weighted by atomic mass is 79.9. The predicted molar refractivity (Wildman–Crippen MR) is 106 cm³/mol. The van der Waals surface area contributed by atoms with Gasteiger partial charge in [0.25, 0.3) is 11.8 Å². The number of hydrogen-bond donors (Lipinski definition) is 2. The van der Waals surface area contributed by atoms with Gasteiger partial charge >= 0.3 is 0 Å². The molecule has 0 aliphatic heterocycles. The van der Waals surface area contributed by atoms with Crippen molar-refractivity contribution in [3.05, 3.63) is 63.6 Å². The minimum atomic E-state index is -3.69. The number of sulfonamides is 1. The average Bonchev–Trinajstić information content (AvgIpc) is 2.65. The van der Waals surface area contributed by atoms with Gasteiger partial charge in [-0.05, 0) is 51.8 Å². The number of amides is 2. The van der Waals surface area contributed by atoms with Gasteiger partial charge in [0.1, 0.15) is 0 Å². The van der Waals surface area contributed by atoms with Crippen LogP contribution >= 0.6 is 15.9 Å². The van der Waals surface area contributed by atoms with Gasteiger partial charge in [0, 0.05) is 43.3 Å². The lowest BCUT2D eigenvalue weighted by molar-refractivity contribution is 0.0948. The summed E-state index contributed by atoms with van der Waals surface area (Å²) in [5.41, 5.74) is 1.47. The molecule has 0 saturated carbocycles. The fraction of sp³-hybridized carbons (Fsp3) is 0.222. The van der Waals surface area contributed by atoms with Gasteiger partial charge < -0.3 is 10.6 Å². The van der Waals surface area contributed by atoms with E-state index in [1.165, 1.54) is 32.3 Å². The van der Waals surface area contributed by atoms with Crippen LogP contribution < -0.4 is 10.6 Å². The second-order valence-corrected chi connectivity index (χ2v) is 8.87. The van der Waals surface area contributed by atoms with Crippen molar-refractivity contribution in [2.45, 2.75) is 11.4 Å². The van der Waals surface area contributed by atoms with Crippen LogP contribution in [0.1, 0.15) is 26.3 Å². The highest BCUT2D eigenvalue weighted by Crippen LogP contribution is 2.25. The zero-order valence-corrected chi connectivity index (χ0v) is 17.5. The van der Waals surface area contributed by atoms with Crippen molar-refractivity contribution in [1.29, 1.82) is 0 Å². The normalized spacial score (nSPS) is 11.3. The summed E-state index contributed by atoms with van der Waals surface area (Å²) in [7, 11) is 0.708. The number of nitrogens with zero attached hydrogens (tertiary/aromatic N) is 1. The molecule has 27 heavy (non-hydrogen) atoms. The van der Waals surface area contributed by atoms with E-state index in [4.69, 9.17) is 0 Å². The molecule has 9 heteroatoms. The third kappa shape index (κ3) is 4.94. The summed E-state index contributed by atoms with van der Waals surface area (Å²) in [5.74, 6) is -0.627. The van der Waals surface area contributed by atoms with Crippen LogP contribution in [-0.4, -0.2) is 45.7 Å². The van der Waals surface area contributed by atoms with E-state index in [1.54, 1.807) is 31.3 Å². The molecule has 2 N–H and O–H groups in total. The Balaban J connectivity index is 2.19. The molecule has 0 atom stereocenters. The number of halogens is 1. The standard InChI is InChI=1S/C18H20BrN3O4S/c1-20-17(23)13-6-4-5-12(9-13)11-21-18(24)14-7-8-15(19)16(10-14)27(25,26)22(2)3/h4-10H,11H2,1-3H3,(H,20,23)(H,21,24). The van der Waals surface area contributed by atoms with Crippen LogP contribution in [0.3, 0.4) is 0 Å². The first-order chi connectivity index (χ1) is 12.7. The quantitative estimate of drug-likeness (QED) is 0.698. The minimum absolute atomic E-state index is 0.0155. The average molecular weight is 454 g/mol. The van der Waals surface area contributed by atoms with Crippen LogP contribution in [0.25, 0.3) is 0 Å². The molecule has 0 aromatic heterocycles. The highest BCUT2D eigenvalue weighted by molar-refractivity contribution is 9.10. The van der Waals surface area contributed by atoms with Crippen LogP contribution in [0.4, 0.5) is 0 Å². The first-order valence-electron chi connectivity index (χ1n) is 7.98. The first-order valence-corrected chi connectivity index (χ1v) is 10.2. The van der Waals surface area contributed by atoms with Crippen LogP contribution in [0, 0.1) is 0 Å². The van der Waals surface area contributed by atoms with Crippen molar-refractivity contribution in [2.24, 2.45) is 0 Å². The molecule has 0 heterocycles. The van der Waals surface area contributed by atoms with E-state index < -0.39 is 15.9 Å². The largest absolute Gasteiger partial charge is 0.355 e. The zero-order chi connectivity index (χ0) is 20.2. The summed E-state index contributed by atoms with van der Waals surface area (Å²) in [6, 6.07) is 11.3. The maximum absolute atomic E-state index is 12.4. The molecule has 0 bridgehead atoms. The topological polar surface area (TPSA) is 95.6 Å². The van der Waals surface area contributed by atoms with E-state index >= 15 is 0 Å². The fourth-order valence-corrected chi connectivity index (χ4v) is 4.13. The summed E-state index contributed by atoms with van der Waals surface area (Å²) >= 11 is 3.21. The minimum Gasteiger partial charge on any atom is -0.355 e. The van der Waals surface area contributed by atoms with Crippen LogP contribution in [0.2, 0.25) is 0 Å². The fourth-order valence-electron chi connectivity index (χ4n) is 2.29. The molecule has 0 unspecified atom stereocenters. The predicted octanol–water partition coefficient (Wildman–Crippen LogP) is 1.99. The molecule has 2 aromatic carbocycles. The summed E-state index contributed by atoms with van der Waals surface area (Å²) in [6.45, 7) is 0.204. The Morgan fingerprint density at radius 3 is 2.33 bits per heavy atom. The Kier molecular flexibility index (Phi) is 6.74. The van der Waals surface area contributed by atoms with E-state index in [0.29, 0.717) is 10.0 Å². The Labute approximate surface area is 166 Å². The molecule has 0 fully saturated rings. The van der Waals surface area contributed by atoms with Gasteiger partial charge in [0.2, 0.25) is 10.0 Å². The van der Waals surface area contributed by atoms with Crippen molar-refractivity contribution >= 4 is 37.8 Å². The summed E-state index contributed by atoms with van der Waals surface area (Å²) in [4.78, 5) is 24.1. The molecule has 0 saturated heterocycles. The first kappa shape index (κ1) is 21.1. The zero-order valence-electron chi connectivity index (χ0n) is 15.1. The maximum atomic E-state index is 12.4. The van der Waals surface area contributed by atoms with Gasteiger partial charge in [0.05, 0.1) is 4.90 Å². The molecule has 0 radical (unpaired) electrons. The monoisotopic (exact) mass is 453 g/mol. The Bertz CT molecular complexity index is 974. The van der Waals surface area contributed by atoms with Crippen molar-refractivity contribution in [3.8, 4) is 0 Å². The number of carbonyl (C=O) groups is 2. The van der Waals surface area contributed by atoms with E-state index in [-0.39, 0.29) is 22.9 Å². The molecule has 0 aliphatic carbocycles. The highest BCUT2D eigenvalue weighted by Gasteiger charge is 2.22. The molecular weight excluding hydrogens is 434 g/mol. The molecule has 2 amide bonds. The molecule has 7 nitrogen and oxygen atoms in total. The van der Waals surface area contributed by atoms with Crippen LogP contribution in [-0.2, 0) is 16.6 Å². The summed E-state index contributed by atoms with van der Waals surface area (Å²) in [5, 5.41) is 5.27. The third-order valence-corrected chi connectivity index (χ3v) is 6.63. The van der Waals surface area contributed by atoms with E-state index in [1.807, 2.05) is 0 Å². The van der Waals surface area contributed by atoms with Gasteiger partial charge in [-0.25, -0.2) is 12.7 Å². The smallest absolute Gasteiger partial charge is 0.251 e. The number of carbonyl (C=O) groups excluding carboxylic acids is 2. The lowest BCUT2D eigenvalue weighted by atomic mass is 10.1. The van der Waals surface area contributed by atoms with E-state index in [2.05, 4.69) is 26.6 Å². The van der Waals surface area contributed by atoms with Crippen LogP contribution in [0.15, 0.2) is 51.8 Å². The van der Waals surface area contributed by atoms with Gasteiger partial charge in [0.15, 0.2) is 0 Å². The molecular formula is C18H20BrN3O4S. The maximum Gasteiger partial charge on any atom is 0.251 e. The van der Waals surface area contributed by atoms with Crippen molar-refractivity contribution < 1.29 is 18.0 Å². The van der Waals surface area contributed by atoms with E-state index in [0.717, 1.165) is 9.87 Å². The summed E-state index contributed by atoms with van der Waals surface area (Å²) < 4.78 is 26.2. The van der Waals surface area contributed by atoms with E-state index in [9.17, 15) is 18.0 Å². The number of nitrogens with one attached hydrogen (secondary N) is 2. The van der Waals surface area contributed by atoms with Crippen molar-refractivity contribution in [3.63, 3.8) is 0 Å². The molecule has 0 aliphatic rings. The molecule has 2 rings (SSSR count). The lowest BCUT2D eigenvalue weighted by Gasteiger charge is -2.14.